The number of hydrogen-bond donors (Lipinski definition) is 1. The first-order valence-corrected chi connectivity index (χ1v) is 5.28. The van der Waals surface area contributed by atoms with Crippen molar-refractivity contribution in [3.8, 4) is 0 Å². The molecule has 1 saturated carbocycles. The molecule has 1 heterocycles. The van der Waals surface area contributed by atoms with Crippen LogP contribution in [0.1, 0.15) is 17.9 Å². The topological polar surface area (TPSA) is 12.0 Å². The summed E-state index contributed by atoms with van der Waals surface area (Å²) in [4.78, 5) is 0. The largest absolute Gasteiger partial charge is 0.384 e. The predicted molar refractivity (Wildman–Crippen MR) is 53.4 cm³/mol. The van der Waals surface area contributed by atoms with E-state index in [1.807, 2.05) is 6.07 Å². The van der Waals surface area contributed by atoms with Gasteiger partial charge in [0.1, 0.15) is 5.82 Å². The lowest BCUT2D eigenvalue weighted by atomic mass is 10.0. The normalized spacial score (nSPS) is 28.8. The Morgan fingerprint density at radius 3 is 3.15 bits per heavy atom. The molecular formula is C10H9BrFN. The van der Waals surface area contributed by atoms with Gasteiger partial charge in [-0.15, -0.1) is 0 Å². The molecule has 0 aromatic heterocycles. The lowest BCUT2D eigenvalue weighted by Gasteiger charge is -2.17. The first-order valence-electron chi connectivity index (χ1n) is 4.48. The summed E-state index contributed by atoms with van der Waals surface area (Å²) in [5.74, 6) is 1.31. The van der Waals surface area contributed by atoms with E-state index in [1.165, 1.54) is 12.0 Å². The van der Waals surface area contributed by atoms with Gasteiger partial charge in [0, 0.05) is 12.2 Å². The number of anilines is 1. The fraction of sp³-hybridized carbons (Fsp3) is 0.400. The minimum Gasteiger partial charge on any atom is -0.384 e. The highest BCUT2D eigenvalue weighted by Crippen LogP contribution is 2.53. The van der Waals surface area contributed by atoms with E-state index in [-0.39, 0.29) is 5.82 Å². The molecule has 0 amide bonds. The third-order valence-electron chi connectivity index (χ3n) is 2.97. The molecule has 0 radical (unpaired) electrons. The molecule has 2 unspecified atom stereocenters. The number of halogens is 2. The zero-order valence-electron chi connectivity index (χ0n) is 6.98. The Hall–Kier alpha value is -0.570. The lowest BCUT2D eigenvalue weighted by Crippen LogP contribution is -2.12. The second kappa shape index (κ2) is 2.47. The number of nitrogens with one attached hydrogen (secondary N) is 1. The van der Waals surface area contributed by atoms with Crippen LogP contribution in [0.5, 0.6) is 0 Å². The molecule has 2 aliphatic rings. The van der Waals surface area contributed by atoms with Gasteiger partial charge in [-0.3, -0.25) is 0 Å². The van der Waals surface area contributed by atoms with Crippen LogP contribution in [0.25, 0.3) is 0 Å². The molecule has 1 nitrogen and oxygen atoms in total. The van der Waals surface area contributed by atoms with Crippen LogP contribution in [0.4, 0.5) is 10.1 Å². The van der Waals surface area contributed by atoms with Gasteiger partial charge >= 0.3 is 0 Å². The molecule has 1 N–H and O–H groups in total. The van der Waals surface area contributed by atoms with Crippen LogP contribution in [-0.2, 0) is 0 Å². The Morgan fingerprint density at radius 2 is 2.31 bits per heavy atom. The van der Waals surface area contributed by atoms with Gasteiger partial charge in [0.2, 0.25) is 0 Å². The van der Waals surface area contributed by atoms with E-state index in [2.05, 4.69) is 21.2 Å². The molecule has 1 aromatic carbocycles. The fourth-order valence-electron chi connectivity index (χ4n) is 2.12. The molecule has 1 aliphatic heterocycles. The summed E-state index contributed by atoms with van der Waals surface area (Å²) in [6.07, 6.45) is 1.26. The van der Waals surface area contributed by atoms with E-state index in [1.54, 1.807) is 6.07 Å². The standard InChI is InChI=1S/C10H9BrFN/c11-8-2-7-6-1-5(6)4-13-10(7)3-9(8)12/h2-3,5-6,13H,1,4H2. The van der Waals surface area contributed by atoms with E-state index in [9.17, 15) is 4.39 Å². The molecule has 3 heteroatoms. The van der Waals surface area contributed by atoms with Gasteiger partial charge in [-0.2, -0.15) is 0 Å². The molecule has 1 aromatic rings. The average Bonchev–Trinajstić information content (AvgIpc) is 2.86. The Labute approximate surface area is 84.5 Å². The van der Waals surface area contributed by atoms with Crippen LogP contribution >= 0.6 is 15.9 Å². The SMILES string of the molecule is Fc1cc2c(cc1Br)C1CC1CN2. The third kappa shape index (κ3) is 1.10. The molecule has 0 spiro atoms. The molecule has 68 valence electrons. The quantitative estimate of drug-likeness (QED) is 0.737. The second-order valence-electron chi connectivity index (χ2n) is 3.84. The minimum atomic E-state index is -0.176. The van der Waals surface area contributed by atoms with Crippen LogP contribution in [-0.4, -0.2) is 6.54 Å². The maximum Gasteiger partial charge on any atom is 0.139 e. The van der Waals surface area contributed by atoms with Crippen LogP contribution in [0.2, 0.25) is 0 Å². The number of hydrogen-bond acceptors (Lipinski definition) is 1. The van der Waals surface area contributed by atoms with E-state index >= 15 is 0 Å². The summed E-state index contributed by atoms with van der Waals surface area (Å²) in [6, 6.07) is 3.51. The number of rotatable bonds is 0. The van der Waals surface area contributed by atoms with Gasteiger partial charge in [-0.25, -0.2) is 4.39 Å². The Bertz CT molecular complexity index is 377. The zero-order chi connectivity index (χ0) is 9.00. The number of fused-ring (bicyclic) bond motifs is 3. The molecule has 0 bridgehead atoms. The van der Waals surface area contributed by atoms with Crippen LogP contribution in [0.15, 0.2) is 16.6 Å². The summed E-state index contributed by atoms with van der Waals surface area (Å²) in [5.41, 5.74) is 2.27. The second-order valence-corrected chi connectivity index (χ2v) is 4.69. The molecule has 1 aliphatic carbocycles. The summed E-state index contributed by atoms with van der Waals surface area (Å²) in [6.45, 7) is 1.01. The van der Waals surface area contributed by atoms with Crippen LogP contribution in [0.3, 0.4) is 0 Å². The zero-order valence-corrected chi connectivity index (χ0v) is 8.57. The monoisotopic (exact) mass is 241 g/mol. The highest BCUT2D eigenvalue weighted by Gasteiger charge is 2.42. The van der Waals surface area contributed by atoms with Crippen molar-refractivity contribution in [3.63, 3.8) is 0 Å². The molecule has 0 saturated heterocycles. The lowest BCUT2D eigenvalue weighted by molar-refractivity contribution is 0.619. The van der Waals surface area contributed by atoms with Gasteiger partial charge in [-0.05, 0) is 51.9 Å². The van der Waals surface area contributed by atoms with Gasteiger partial charge < -0.3 is 5.32 Å². The van der Waals surface area contributed by atoms with Crippen molar-refractivity contribution in [2.45, 2.75) is 12.3 Å². The van der Waals surface area contributed by atoms with E-state index < -0.39 is 0 Å². The maximum absolute atomic E-state index is 13.2. The highest BCUT2D eigenvalue weighted by molar-refractivity contribution is 9.10. The third-order valence-corrected chi connectivity index (χ3v) is 3.58. The van der Waals surface area contributed by atoms with Crippen molar-refractivity contribution < 1.29 is 4.39 Å². The van der Waals surface area contributed by atoms with Crippen molar-refractivity contribution in [1.29, 1.82) is 0 Å². The molecule has 2 atom stereocenters. The molecule has 1 fully saturated rings. The molecule has 13 heavy (non-hydrogen) atoms. The van der Waals surface area contributed by atoms with Crippen LogP contribution < -0.4 is 5.32 Å². The fourth-order valence-corrected chi connectivity index (χ4v) is 2.48. The van der Waals surface area contributed by atoms with E-state index in [0.29, 0.717) is 10.4 Å². The van der Waals surface area contributed by atoms with Gasteiger partial charge in [-0.1, -0.05) is 0 Å². The summed E-state index contributed by atoms with van der Waals surface area (Å²) < 4.78 is 13.7. The maximum atomic E-state index is 13.2. The highest BCUT2D eigenvalue weighted by atomic mass is 79.9. The smallest absolute Gasteiger partial charge is 0.139 e. The Balaban J connectivity index is 2.15. The Morgan fingerprint density at radius 1 is 1.46 bits per heavy atom. The minimum absolute atomic E-state index is 0.176. The Kier molecular flexibility index (Phi) is 1.48. The van der Waals surface area contributed by atoms with Crippen molar-refractivity contribution in [2.24, 2.45) is 5.92 Å². The van der Waals surface area contributed by atoms with Gasteiger partial charge in [0.25, 0.3) is 0 Å². The first-order chi connectivity index (χ1) is 6.25. The van der Waals surface area contributed by atoms with Gasteiger partial charge in [0.15, 0.2) is 0 Å². The summed E-state index contributed by atoms with van der Waals surface area (Å²) in [5, 5.41) is 3.26. The average molecular weight is 242 g/mol. The first kappa shape index (κ1) is 7.80. The van der Waals surface area contributed by atoms with Crippen molar-refractivity contribution >= 4 is 21.6 Å². The van der Waals surface area contributed by atoms with Crippen molar-refractivity contribution in [2.75, 3.05) is 11.9 Å². The van der Waals surface area contributed by atoms with Gasteiger partial charge in [0.05, 0.1) is 4.47 Å². The number of benzene rings is 1. The van der Waals surface area contributed by atoms with E-state index in [0.717, 1.165) is 18.2 Å². The molecule has 3 rings (SSSR count). The predicted octanol–water partition coefficient (Wildman–Crippen LogP) is 3.12. The summed E-state index contributed by atoms with van der Waals surface area (Å²) in [7, 11) is 0. The van der Waals surface area contributed by atoms with E-state index in [4.69, 9.17) is 0 Å². The van der Waals surface area contributed by atoms with Crippen LogP contribution in [0, 0.1) is 11.7 Å². The van der Waals surface area contributed by atoms with Crippen molar-refractivity contribution in [3.05, 3.63) is 28.0 Å². The molecular weight excluding hydrogens is 233 g/mol. The van der Waals surface area contributed by atoms with Crippen molar-refractivity contribution in [1.82, 2.24) is 0 Å². The summed E-state index contributed by atoms with van der Waals surface area (Å²) >= 11 is 3.22.